The summed E-state index contributed by atoms with van der Waals surface area (Å²) >= 11 is 0. The van der Waals surface area contributed by atoms with E-state index < -0.39 is 11.6 Å². The predicted molar refractivity (Wildman–Crippen MR) is 56.2 cm³/mol. The number of halogens is 2. The first-order valence-electron chi connectivity index (χ1n) is 5.05. The maximum absolute atomic E-state index is 12.9. The molecule has 0 heterocycles. The maximum atomic E-state index is 12.9. The van der Waals surface area contributed by atoms with Crippen molar-refractivity contribution in [1.29, 1.82) is 0 Å². The lowest BCUT2D eigenvalue weighted by atomic mass is 10.0. The normalized spacial score (nSPS) is 12.8. The molecule has 1 aromatic carbocycles. The minimum atomic E-state index is -0.846. The quantitative estimate of drug-likeness (QED) is 0.737. The molecule has 0 amide bonds. The molecule has 0 aliphatic rings. The number of hydrogen-bond acceptors (Lipinski definition) is 2. The highest BCUT2D eigenvalue weighted by atomic mass is 19.2. The van der Waals surface area contributed by atoms with Crippen LogP contribution in [0.1, 0.15) is 30.9 Å². The molecule has 0 aliphatic carbocycles. The third kappa shape index (κ3) is 3.57. The Labute approximate surface area is 88.3 Å². The van der Waals surface area contributed by atoms with Gasteiger partial charge in [-0.1, -0.05) is 12.5 Å². The Balaban J connectivity index is 2.57. The molecule has 4 N–H and O–H groups in total. The Bertz CT molecular complexity index is 315. The molecule has 0 unspecified atom stereocenters. The van der Waals surface area contributed by atoms with Crippen LogP contribution in [0.2, 0.25) is 0 Å². The number of nitrogens with two attached hydrogens (primary N) is 2. The van der Waals surface area contributed by atoms with Gasteiger partial charge in [-0.15, -0.1) is 0 Å². The molecule has 2 nitrogen and oxygen atoms in total. The molecule has 0 spiro atoms. The van der Waals surface area contributed by atoms with E-state index in [1.54, 1.807) is 0 Å². The zero-order chi connectivity index (χ0) is 11.3. The van der Waals surface area contributed by atoms with Gasteiger partial charge in [0, 0.05) is 6.04 Å². The molecular formula is C11H16F2N2. The molecule has 0 fully saturated rings. The second-order valence-electron chi connectivity index (χ2n) is 3.56. The Morgan fingerprint density at radius 1 is 1.13 bits per heavy atom. The topological polar surface area (TPSA) is 52.0 Å². The molecule has 4 heteroatoms. The Kier molecular flexibility index (Phi) is 4.65. The van der Waals surface area contributed by atoms with Crippen molar-refractivity contribution in [1.82, 2.24) is 0 Å². The van der Waals surface area contributed by atoms with Crippen molar-refractivity contribution in [2.24, 2.45) is 11.5 Å². The highest BCUT2D eigenvalue weighted by Gasteiger charge is 2.08. The van der Waals surface area contributed by atoms with E-state index in [2.05, 4.69) is 0 Å². The lowest BCUT2D eigenvalue weighted by Gasteiger charge is -2.11. The van der Waals surface area contributed by atoms with E-state index >= 15 is 0 Å². The van der Waals surface area contributed by atoms with Crippen LogP contribution in [-0.2, 0) is 0 Å². The van der Waals surface area contributed by atoms with Gasteiger partial charge in [0.15, 0.2) is 11.6 Å². The van der Waals surface area contributed by atoms with Gasteiger partial charge in [-0.05, 0) is 37.1 Å². The monoisotopic (exact) mass is 214 g/mol. The van der Waals surface area contributed by atoms with Crippen LogP contribution in [0.15, 0.2) is 18.2 Å². The van der Waals surface area contributed by atoms with Crippen molar-refractivity contribution in [3.8, 4) is 0 Å². The molecule has 0 aromatic heterocycles. The van der Waals surface area contributed by atoms with E-state index in [0.29, 0.717) is 12.1 Å². The van der Waals surface area contributed by atoms with E-state index in [1.165, 1.54) is 6.07 Å². The van der Waals surface area contributed by atoms with Gasteiger partial charge < -0.3 is 11.5 Å². The molecule has 0 saturated carbocycles. The lowest BCUT2D eigenvalue weighted by Crippen LogP contribution is -2.11. The van der Waals surface area contributed by atoms with E-state index in [1.807, 2.05) is 0 Å². The first-order chi connectivity index (χ1) is 7.15. The predicted octanol–water partition coefficient (Wildman–Crippen LogP) is 2.09. The van der Waals surface area contributed by atoms with Gasteiger partial charge >= 0.3 is 0 Å². The van der Waals surface area contributed by atoms with Crippen LogP contribution < -0.4 is 11.5 Å². The zero-order valence-corrected chi connectivity index (χ0v) is 8.55. The summed E-state index contributed by atoms with van der Waals surface area (Å²) in [5.41, 5.74) is 11.8. The molecule has 1 rings (SSSR count). The number of rotatable bonds is 5. The first kappa shape index (κ1) is 12.1. The third-order valence-electron chi connectivity index (χ3n) is 2.34. The van der Waals surface area contributed by atoms with Crippen LogP contribution in [0.4, 0.5) is 8.78 Å². The van der Waals surface area contributed by atoms with E-state index in [4.69, 9.17) is 11.5 Å². The van der Waals surface area contributed by atoms with Crippen LogP contribution in [0.5, 0.6) is 0 Å². The van der Waals surface area contributed by atoms with Crippen molar-refractivity contribution in [3.05, 3.63) is 35.4 Å². The highest BCUT2D eigenvalue weighted by molar-refractivity contribution is 5.20. The average molecular weight is 214 g/mol. The van der Waals surface area contributed by atoms with Gasteiger partial charge in [0.05, 0.1) is 0 Å². The third-order valence-corrected chi connectivity index (χ3v) is 2.34. The fraction of sp³-hybridized carbons (Fsp3) is 0.455. The molecule has 0 saturated heterocycles. The summed E-state index contributed by atoms with van der Waals surface area (Å²) in [5, 5.41) is 0. The van der Waals surface area contributed by atoms with Crippen molar-refractivity contribution in [3.63, 3.8) is 0 Å². The fourth-order valence-corrected chi connectivity index (χ4v) is 1.42. The molecule has 0 radical (unpaired) electrons. The molecule has 0 bridgehead atoms. The van der Waals surface area contributed by atoms with Gasteiger partial charge in [-0.25, -0.2) is 8.78 Å². The fourth-order valence-electron chi connectivity index (χ4n) is 1.42. The molecule has 84 valence electrons. The van der Waals surface area contributed by atoms with Crippen LogP contribution in [-0.4, -0.2) is 6.54 Å². The summed E-state index contributed by atoms with van der Waals surface area (Å²) in [6.45, 7) is 0.629. The molecule has 15 heavy (non-hydrogen) atoms. The molecule has 1 atom stereocenters. The summed E-state index contributed by atoms with van der Waals surface area (Å²) in [6.07, 6.45) is 2.54. The van der Waals surface area contributed by atoms with E-state index in [0.717, 1.165) is 31.4 Å². The van der Waals surface area contributed by atoms with E-state index in [9.17, 15) is 8.78 Å². The summed E-state index contributed by atoms with van der Waals surface area (Å²) in [6, 6.07) is 3.54. The average Bonchev–Trinajstić information content (AvgIpc) is 2.22. The van der Waals surface area contributed by atoms with E-state index in [-0.39, 0.29) is 6.04 Å². The summed E-state index contributed by atoms with van der Waals surface area (Å²) in [7, 11) is 0. The molecular weight excluding hydrogens is 198 g/mol. The van der Waals surface area contributed by atoms with Crippen LogP contribution in [0, 0.1) is 11.6 Å². The second-order valence-corrected chi connectivity index (χ2v) is 3.56. The molecule has 0 aliphatic heterocycles. The van der Waals surface area contributed by atoms with Crippen LogP contribution >= 0.6 is 0 Å². The van der Waals surface area contributed by atoms with Crippen molar-refractivity contribution >= 4 is 0 Å². The van der Waals surface area contributed by atoms with Crippen LogP contribution in [0.25, 0.3) is 0 Å². The van der Waals surface area contributed by atoms with Crippen molar-refractivity contribution in [2.75, 3.05) is 6.54 Å². The highest BCUT2D eigenvalue weighted by Crippen LogP contribution is 2.18. The standard InChI is InChI=1S/C11H16F2N2/c12-9-5-4-8(7-10(9)13)11(15)3-1-2-6-14/h4-5,7,11H,1-3,6,14-15H2/t11-/m0/s1. The summed E-state index contributed by atoms with van der Waals surface area (Å²) in [4.78, 5) is 0. The first-order valence-corrected chi connectivity index (χ1v) is 5.05. The smallest absolute Gasteiger partial charge is 0.159 e. The Morgan fingerprint density at radius 3 is 2.47 bits per heavy atom. The van der Waals surface area contributed by atoms with Crippen molar-refractivity contribution < 1.29 is 8.78 Å². The van der Waals surface area contributed by atoms with Gasteiger partial charge in [0.2, 0.25) is 0 Å². The molecule has 1 aromatic rings. The minimum Gasteiger partial charge on any atom is -0.330 e. The van der Waals surface area contributed by atoms with Crippen molar-refractivity contribution in [2.45, 2.75) is 25.3 Å². The second kappa shape index (κ2) is 5.78. The van der Waals surface area contributed by atoms with Gasteiger partial charge in [-0.3, -0.25) is 0 Å². The Hall–Kier alpha value is -1.00. The SMILES string of the molecule is NCCCC[C@H](N)c1ccc(F)c(F)c1. The zero-order valence-electron chi connectivity index (χ0n) is 8.55. The van der Waals surface area contributed by atoms with Gasteiger partial charge in [0.1, 0.15) is 0 Å². The van der Waals surface area contributed by atoms with Gasteiger partial charge in [0.25, 0.3) is 0 Å². The maximum Gasteiger partial charge on any atom is 0.159 e. The lowest BCUT2D eigenvalue weighted by molar-refractivity contribution is 0.502. The minimum absolute atomic E-state index is 0.244. The van der Waals surface area contributed by atoms with Crippen LogP contribution in [0.3, 0.4) is 0 Å². The number of hydrogen-bond donors (Lipinski definition) is 2. The summed E-state index contributed by atoms with van der Waals surface area (Å²) in [5.74, 6) is -1.69. The van der Waals surface area contributed by atoms with Gasteiger partial charge in [-0.2, -0.15) is 0 Å². The number of benzene rings is 1. The largest absolute Gasteiger partial charge is 0.330 e. The Morgan fingerprint density at radius 2 is 1.87 bits per heavy atom. The summed E-state index contributed by atoms with van der Waals surface area (Å²) < 4.78 is 25.5. The number of unbranched alkanes of at least 4 members (excludes halogenated alkanes) is 1.